The van der Waals surface area contributed by atoms with E-state index < -0.39 is 11.9 Å². The lowest BCUT2D eigenvalue weighted by atomic mass is 10.2. The largest absolute Gasteiger partial charge is 0.435 e. The molecule has 0 unspecified atom stereocenters. The second-order valence-corrected chi connectivity index (χ2v) is 8.37. The monoisotopic (exact) mass is 478 g/mol. The number of nitrogens with one attached hydrogen (secondary N) is 1. The molecule has 3 aromatic rings. The zero-order valence-corrected chi connectivity index (χ0v) is 18.5. The quantitative estimate of drug-likeness (QED) is 0.609. The van der Waals surface area contributed by atoms with Crippen LogP contribution in [-0.4, -0.2) is 57.7 Å². The minimum absolute atomic E-state index is 0.241. The first-order valence-corrected chi connectivity index (χ1v) is 11.0. The number of aryl methyl sites for hydroxylation is 1. The van der Waals surface area contributed by atoms with Gasteiger partial charge in [0.2, 0.25) is 5.91 Å². The lowest BCUT2D eigenvalue weighted by Gasteiger charge is -2.34. The van der Waals surface area contributed by atoms with Gasteiger partial charge in [0.15, 0.2) is 10.8 Å². The molecule has 0 radical (unpaired) electrons. The van der Waals surface area contributed by atoms with Gasteiger partial charge >= 0.3 is 6.18 Å². The van der Waals surface area contributed by atoms with Gasteiger partial charge in [-0.05, 0) is 25.1 Å². The molecule has 174 valence electrons. The molecular weight excluding hydrogens is 457 g/mol. The fourth-order valence-corrected chi connectivity index (χ4v) is 4.24. The summed E-state index contributed by atoms with van der Waals surface area (Å²) in [7, 11) is 0. The van der Waals surface area contributed by atoms with Crippen LogP contribution in [0.4, 0.5) is 24.1 Å². The zero-order valence-electron chi connectivity index (χ0n) is 17.7. The number of alkyl halides is 3. The van der Waals surface area contributed by atoms with Crippen molar-refractivity contribution < 1.29 is 22.8 Å². The number of benzene rings is 1. The molecule has 4 rings (SSSR count). The summed E-state index contributed by atoms with van der Waals surface area (Å²) in [6.07, 6.45) is -4.54. The van der Waals surface area contributed by atoms with E-state index in [2.05, 4.69) is 15.4 Å². The smallest absolute Gasteiger partial charge is 0.344 e. The summed E-state index contributed by atoms with van der Waals surface area (Å²) in [6, 6.07) is 9.76. The van der Waals surface area contributed by atoms with Crippen molar-refractivity contribution in [3.05, 3.63) is 58.7 Å². The van der Waals surface area contributed by atoms with Crippen molar-refractivity contribution >= 4 is 34.1 Å². The van der Waals surface area contributed by atoms with Crippen LogP contribution in [0.5, 0.6) is 0 Å². The van der Waals surface area contributed by atoms with E-state index in [0.29, 0.717) is 37.6 Å². The van der Waals surface area contributed by atoms with Crippen molar-refractivity contribution in [2.24, 2.45) is 0 Å². The number of hydrogen-bond acceptors (Lipinski definition) is 6. The zero-order chi connectivity index (χ0) is 23.6. The molecule has 0 aliphatic carbocycles. The van der Waals surface area contributed by atoms with Crippen LogP contribution in [-0.2, 0) is 17.5 Å². The lowest BCUT2D eigenvalue weighted by molar-refractivity contribution is -0.142. The van der Waals surface area contributed by atoms with Crippen molar-refractivity contribution in [2.75, 3.05) is 36.4 Å². The third-order valence-electron chi connectivity index (χ3n) is 5.23. The Balaban J connectivity index is 1.31. The molecule has 8 nitrogen and oxygen atoms in total. The van der Waals surface area contributed by atoms with Crippen LogP contribution in [0.2, 0.25) is 0 Å². The topological polar surface area (TPSA) is 83.4 Å². The number of thiazole rings is 1. The molecule has 2 aromatic heterocycles. The third-order valence-corrected chi connectivity index (χ3v) is 6.13. The molecule has 1 N–H and O–H groups in total. The van der Waals surface area contributed by atoms with Gasteiger partial charge in [0.05, 0.1) is 0 Å². The van der Waals surface area contributed by atoms with Gasteiger partial charge in [-0.3, -0.25) is 14.3 Å². The maximum atomic E-state index is 12.8. The molecule has 12 heteroatoms. The van der Waals surface area contributed by atoms with E-state index in [1.165, 1.54) is 18.3 Å². The second-order valence-electron chi connectivity index (χ2n) is 7.53. The summed E-state index contributed by atoms with van der Waals surface area (Å²) < 4.78 is 39.6. The Labute approximate surface area is 191 Å². The number of rotatable bonds is 5. The van der Waals surface area contributed by atoms with E-state index in [0.717, 1.165) is 15.9 Å². The van der Waals surface area contributed by atoms with Gasteiger partial charge in [0.1, 0.15) is 12.4 Å². The number of carbonyl (C=O) groups excluding carboxylic acids is 2. The summed E-state index contributed by atoms with van der Waals surface area (Å²) in [5.74, 6) is -0.0769. The van der Waals surface area contributed by atoms with Gasteiger partial charge in [0.25, 0.3) is 5.91 Å². The molecule has 1 aliphatic rings. The second kappa shape index (κ2) is 9.22. The molecule has 2 amide bonds. The van der Waals surface area contributed by atoms with Gasteiger partial charge in [0, 0.05) is 42.8 Å². The van der Waals surface area contributed by atoms with Crippen LogP contribution in [0.15, 0.2) is 41.8 Å². The molecule has 33 heavy (non-hydrogen) atoms. The number of aromatic nitrogens is 3. The number of hydrogen-bond donors (Lipinski definition) is 1. The molecule has 0 atom stereocenters. The van der Waals surface area contributed by atoms with E-state index in [1.54, 1.807) is 34.5 Å². The van der Waals surface area contributed by atoms with Crippen LogP contribution in [0, 0.1) is 6.92 Å². The summed E-state index contributed by atoms with van der Waals surface area (Å²) in [4.78, 5) is 32.9. The summed E-state index contributed by atoms with van der Waals surface area (Å²) in [5.41, 5.74) is -0.187. The van der Waals surface area contributed by atoms with E-state index in [9.17, 15) is 22.8 Å². The number of halogens is 3. The van der Waals surface area contributed by atoms with Gasteiger partial charge in [-0.15, -0.1) is 11.3 Å². The third kappa shape index (κ3) is 5.33. The van der Waals surface area contributed by atoms with Gasteiger partial charge in [-0.1, -0.05) is 18.2 Å². The molecule has 1 fully saturated rings. The highest BCUT2D eigenvalue weighted by Crippen LogP contribution is 2.28. The van der Waals surface area contributed by atoms with Crippen LogP contribution < -0.4 is 10.2 Å². The lowest BCUT2D eigenvalue weighted by Crippen LogP contribution is -2.49. The number of nitrogens with zero attached hydrogens (tertiary/aromatic N) is 5. The average Bonchev–Trinajstić information content (AvgIpc) is 3.41. The Bertz CT molecular complexity index is 1140. The maximum Gasteiger partial charge on any atom is 0.435 e. The Hall–Kier alpha value is -3.41. The number of carbonyl (C=O) groups is 2. The molecule has 0 bridgehead atoms. The van der Waals surface area contributed by atoms with Crippen molar-refractivity contribution in [1.29, 1.82) is 0 Å². The first kappa shape index (κ1) is 22.8. The molecular formula is C21H21F3N6O2S. The Morgan fingerprint density at radius 3 is 2.45 bits per heavy atom. The van der Waals surface area contributed by atoms with E-state index in [-0.39, 0.29) is 24.1 Å². The van der Waals surface area contributed by atoms with Crippen molar-refractivity contribution in [3.8, 4) is 0 Å². The Morgan fingerprint density at radius 1 is 1.12 bits per heavy atom. The maximum absolute atomic E-state index is 12.8. The van der Waals surface area contributed by atoms with Crippen LogP contribution in [0.1, 0.15) is 21.7 Å². The van der Waals surface area contributed by atoms with Crippen LogP contribution in [0.25, 0.3) is 0 Å². The summed E-state index contributed by atoms with van der Waals surface area (Å²) in [5, 5.41) is 8.77. The minimum Gasteiger partial charge on any atom is -0.344 e. The molecule has 1 saturated heterocycles. The highest BCUT2D eigenvalue weighted by Gasteiger charge is 2.35. The predicted octanol–water partition coefficient (Wildman–Crippen LogP) is 3.27. The molecule has 1 aromatic carbocycles. The highest BCUT2D eigenvalue weighted by molar-refractivity contribution is 7.14. The van der Waals surface area contributed by atoms with Crippen LogP contribution in [0.3, 0.4) is 0 Å². The van der Waals surface area contributed by atoms with Gasteiger partial charge < -0.3 is 15.1 Å². The average molecular weight is 479 g/mol. The van der Waals surface area contributed by atoms with E-state index in [4.69, 9.17) is 0 Å². The van der Waals surface area contributed by atoms with Crippen molar-refractivity contribution in [2.45, 2.75) is 19.6 Å². The van der Waals surface area contributed by atoms with Crippen molar-refractivity contribution in [3.63, 3.8) is 0 Å². The predicted molar refractivity (Wildman–Crippen MR) is 117 cm³/mol. The summed E-state index contributed by atoms with van der Waals surface area (Å²) in [6.45, 7) is 3.13. The van der Waals surface area contributed by atoms with E-state index in [1.807, 2.05) is 11.0 Å². The SMILES string of the molecule is Cc1cc(C(F)(F)F)nn1CC(=O)N1CCN(c2nc(NC(=O)c3ccccc3)cs2)CC1. The first-order chi connectivity index (χ1) is 15.7. The number of anilines is 2. The van der Waals surface area contributed by atoms with Gasteiger partial charge in [-0.2, -0.15) is 18.3 Å². The molecule has 0 spiro atoms. The number of piperazine rings is 1. The van der Waals surface area contributed by atoms with E-state index >= 15 is 0 Å². The normalized spacial score (nSPS) is 14.4. The summed E-state index contributed by atoms with van der Waals surface area (Å²) >= 11 is 1.39. The fraction of sp³-hybridized carbons (Fsp3) is 0.333. The minimum atomic E-state index is -4.54. The first-order valence-electron chi connectivity index (χ1n) is 10.2. The Morgan fingerprint density at radius 2 is 1.82 bits per heavy atom. The molecule has 1 aliphatic heterocycles. The van der Waals surface area contributed by atoms with Crippen molar-refractivity contribution in [1.82, 2.24) is 19.7 Å². The fourth-order valence-electron chi connectivity index (χ4n) is 3.43. The Kier molecular flexibility index (Phi) is 6.36. The van der Waals surface area contributed by atoms with Gasteiger partial charge in [-0.25, -0.2) is 4.98 Å². The molecule has 3 heterocycles. The number of amides is 2. The van der Waals surface area contributed by atoms with Crippen LogP contribution >= 0.6 is 11.3 Å². The molecule has 0 saturated carbocycles. The highest BCUT2D eigenvalue weighted by atomic mass is 32.1. The standard InChI is InChI=1S/C21H21F3N6O2S/c1-14-11-16(21(22,23)24)27-30(14)12-18(31)28-7-9-29(10-8-28)20-26-17(13-33-20)25-19(32)15-5-3-2-4-6-15/h2-6,11,13H,7-10,12H2,1H3,(H,25,32).